The predicted molar refractivity (Wildman–Crippen MR) is 91.9 cm³/mol. The maximum atomic E-state index is 13.6. The molecule has 24 heavy (non-hydrogen) atoms. The van der Waals surface area contributed by atoms with Crippen LogP contribution in [0.25, 0.3) is 0 Å². The van der Waals surface area contributed by atoms with Crippen molar-refractivity contribution in [3.63, 3.8) is 0 Å². The van der Waals surface area contributed by atoms with Crippen molar-refractivity contribution in [2.75, 3.05) is 26.7 Å². The van der Waals surface area contributed by atoms with Crippen LogP contribution >= 0.6 is 0 Å². The minimum Gasteiger partial charge on any atom is -0.356 e. The standard InChI is InChI=1S/C17H26F2N4O/c1-5-21-15(24)17(2,3)11-23-16(20-4)22-9-8-12-10-13(18)6-7-14(12)19/h6-7,10H,5,8-9,11H2,1-4H3,(H,21,24)(H2,20,22,23). The van der Waals surface area contributed by atoms with Crippen molar-refractivity contribution in [3.8, 4) is 0 Å². The average Bonchev–Trinajstić information content (AvgIpc) is 2.54. The van der Waals surface area contributed by atoms with Gasteiger partial charge in [-0.2, -0.15) is 0 Å². The van der Waals surface area contributed by atoms with Crippen LogP contribution < -0.4 is 16.0 Å². The summed E-state index contributed by atoms with van der Waals surface area (Å²) in [4.78, 5) is 16.0. The van der Waals surface area contributed by atoms with Gasteiger partial charge in [-0.05, 0) is 51.0 Å². The number of nitrogens with zero attached hydrogens (tertiary/aromatic N) is 1. The molecular formula is C17H26F2N4O. The summed E-state index contributed by atoms with van der Waals surface area (Å²) in [6.07, 6.45) is 0.323. The molecule has 0 aliphatic heterocycles. The van der Waals surface area contributed by atoms with Gasteiger partial charge in [-0.15, -0.1) is 0 Å². The van der Waals surface area contributed by atoms with Gasteiger partial charge in [-0.1, -0.05) is 0 Å². The highest BCUT2D eigenvalue weighted by Crippen LogP contribution is 2.13. The molecule has 0 bridgehead atoms. The number of rotatable bonds is 7. The fourth-order valence-electron chi connectivity index (χ4n) is 2.06. The molecule has 0 aliphatic carbocycles. The lowest BCUT2D eigenvalue weighted by molar-refractivity contribution is -0.128. The lowest BCUT2D eigenvalue weighted by Gasteiger charge is -2.24. The zero-order valence-corrected chi connectivity index (χ0v) is 14.7. The van der Waals surface area contributed by atoms with Gasteiger partial charge >= 0.3 is 0 Å². The van der Waals surface area contributed by atoms with Gasteiger partial charge < -0.3 is 16.0 Å². The van der Waals surface area contributed by atoms with Gasteiger partial charge in [0.25, 0.3) is 0 Å². The minimum absolute atomic E-state index is 0.0465. The Morgan fingerprint density at radius 1 is 1.21 bits per heavy atom. The fourth-order valence-corrected chi connectivity index (χ4v) is 2.06. The Kier molecular flexibility index (Phi) is 7.61. The van der Waals surface area contributed by atoms with Crippen LogP contribution in [0.3, 0.4) is 0 Å². The molecule has 0 saturated carbocycles. The Balaban J connectivity index is 2.48. The summed E-state index contributed by atoms with van der Waals surface area (Å²) in [5.74, 6) is -0.435. The molecule has 134 valence electrons. The SMILES string of the molecule is CCNC(=O)C(C)(C)CNC(=NC)NCCc1cc(F)ccc1F. The third kappa shape index (κ3) is 6.14. The number of aliphatic imine (C=N–C) groups is 1. The molecule has 0 unspecified atom stereocenters. The number of halogens is 2. The van der Waals surface area contributed by atoms with Crippen LogP contribution in [0.4, 0.5) is 8.78 Å². The van der Waals surface area contributed by atoms with Gasteiger partial charge in [0.15, 0.2) is 5.96 Å². The Morgan fingerprint density at radius 3 is 2.54 bits per heavy atom. The highest BCUT2D eigenvalue weighted by atomic mass is 19.1. The fraction of sp³-hybridized carbons (Fsp3) is 0.529. The lowest BCUT2D eigenvalue weighted by Crippen LogP contribution is -2.48. The maximum Gasteiger partial charge on any atom is 0.227 e. The van der Waals surface area contributed by atoms with Crippen molar-refractivity contribution in [1.82, 2.24) is 16.0 Å². The monoisotopic (exact) mass is 340 g/mol. The molecule has 1 amide bonds. The molecule has 3 N–H and O–H groups in total. The summed E-state index contributed by atoms with van der Waals surface area (Å²) in [5, 5.41) is 8.89. The maximum absolute atomic E-state index is 13.6. The summed E-state index contributed by atoms with van der Waals surface area (Å²) < 4.78 is 26.7. The van der Waals surface area contributed by atoms with Gasteiger partial charge in [0.05, 0.1) is 5.41 Å². The molecule has 7 heteroatoms. The number of guanidine groups is 1. The lowest BCUT2D eigenvalue weighted by atomic mass is 9.92. The average molecular weight is 340 g/mol. The largest absolute Gasteiger partial charge is 0.356 e. The van der Waals surface area contributed by atoms with Crippen LogP contribution in [0.15, 0.2) is 23.2 Å². The highest BCUT2D eigenvalue weighted by Gasteiger charge is 2.27. The first-order chi connectivity index (χ1) is 11.3. The summed E-state index contributed by atoms with van der Waals surface area (Å²) >= 11 is 0. The number of hydrogen-bond donors (Lipinski definition) is 3. The van der Waals surface area contributed by atoms with E-state index in [1.54, 1.807) is 7.05 Å². The van der Waals surface area contributed by atoms with E-state index in [2.05, 4.69) is 20.9 Å². The smallest absolute Gasteiger partial charge is 0.227 e. The van der Waals surface area contributed by atoms with Gasteiger partial charge in [0.2, 0.25) is 5.91 Å². The zero-order chi connectivity index (χ0) is 18.2. The zero-order valence-electron chi connectivity index (χ0n) is 14.7. The van der Waals surface area contributed by atoms with Crippen LogP contribution in [0.5, 0.6) is 0 Å². The van der Waals surface area contributed by atoms with Crippen molar-refractivity contribution in [2.45, 2.75) is 27.2 Å². The number of hydrogen-bond acceptors (Lipinski definition) is 2. The summed E-state index contributed by atoms with van der Waals surface area (Å²) in [6, 6.07) is 3.40. The molecular weight excluding hydrogens is 314 g/mol. The van der Waals surface area contributed by atoms with Crippen molar-refractivity contribution in [2.24, 2.45) is 10.4 Å². The molecule has 1 aromatic rings. The number of carbonyl (C=O) groups is 1. The Labute approximate surface area is 141 Å². The van der Waals surface area contributed by atoms with Gasteiger partial charge in [0, 0.05) is 26.7 Å². The van der Waals surface area contributed by atoms with Crippen LogP contribution in [-0.4, -0.2) is 38.5 Å². The number of nitrogens with one attached hydrogen (secondary N) is 3. The Bertz CT molecular complexity index is 588. The van der Waals surface area contributed by atoms with E-state index < -0.39 is 17.0 Å². The molecule has 0 spiro atoms. The predicted octanol–water partition coefficient (Wildman–Crippen LogP) is 1.83. The van der Waals surface area contributed by atoms with Crippen molar-refractivity contribution in [1.29, 1.82) is 0 Å². The summed E-state index contributed by atoms with van der Waals surface area (Å²) in [7, 11) is 1.61. The van der Waals surface area contributed by atoms with E-state index in [9.17, 15) is 13.6 Å². The second-order valence-corrected chi connectivity index (χ2v) is 6.08. The number of benzene rings is 1. The van der Waals surface area contributed by atoms with Crippen LogP contribution in [0.1, 0.15) is 26.3 Å². The molecule has 1 rings (SSSR count). The molecule has 0 fully saturated rings. The molecule has 5 nitrogen and oxygen atoms in total. The van der Waals surface area contributed by atoms with E-state index in [-0.39, 0.29) is 5.91 Å². The van der Waals surface area contributed by atoms with E-state index in [1.165, 1.54) is 6.07 Å². The normalized spacial score (nSPS) is 12.0. The van der Waals surface area contributed by atoms with Crippen LogP contribution in [-0.2, 0) is 11.2 Å². The number of amides is 1. The Hall–Kier alpha value is -2.18. The number of carbonyl (C=O) groups excluding carboxylic acids is 1. The van der Waals surface area contributed by atoms with Crippen molar-refractivity contribution < 1.29 is 13.6 Å². The van der Waals surface area contributed by atoms with E-state index in [1.807, 2.05) is 20.8 Å². The minimum atomic E-state index is -0.595. The second-order valence-electron chi connectivity index (χ2n) is 6.08. The molecule has 0 saturated heterocycles. The summed E-state index contributed by atoms with van der Waals surface area (Å²) in [5.41, 5.74) is -0.289. The van der Waals surface area contributed by atoms with Crippen molar-refractivity contribution in [3.05, 3.63) is 35.4 Å². The summed E-state index contributed by atoms with van der Waals surface area (Å²) in [6.45, 7) is 6.90. The van der Waals surface area contributed by atoms with Gasteiger partial charge in [-0.3, -0.25) is 9.79 Å². The van der Waals surface area contributed by atoms with Gasteiger partial charge in [-0.25, -0.2) is 8.78 Å². The van der Waals surface area contributed by atoms with Crippen molar-refractivity contribution >= 4 is 11.9 Å². The molecule has 0 radical (unpaired) electrons. The second kappa shape index (κ2) is 9.20. The molecule has 1 aromatic carbocycles. The molecule has 0 aromatic heterocycles. The quantitative estimate of drug-likeness (QED) is 0.524. The highest BCUT2D eigenvalue weighted by molar-refractivity contribution is 5.84. The topological polar surface area (TPSA) is 65.5 Å². The third-order valence-corrected chi connectivity index (χ3v) is 3.57. The molecule has 0 atom stereocenters. The first-order valence-corrected chi connectivity index (χ1v) is 7.97. The van der Waals surface area contributed by atoms with E-state index >= 15 is 0 Å². The van der Waals surface area contributed by atoms with Crippen LogP contribution in [0.2, 0.25) is 0 Å². The third-order valence-electron chi connectivity index (χ3n) is 3.57. The van der Waals surface area contributed by atoms with E-state index in [0.29, 0.717) is 37.6 Å². The Morgan fingerprint density at radius 2 is 1.92 bits per heavy atom. The van der Waals surface area contributed by atoms with E-state index in [4.69, 9.17) is 0 Å². The first kappa shape index (κ1) is 19.9. The van der Waals surface area contributed by atoms with Crippen LogP contribution in [0, 0.1) is 17.0 Å². The van der Waals surface area contributed by atoms with E-state index in [0.717, 1.165) is 12.1 Å². The van der Waals surface area contributed by atoms with Gasteiger partial charge in [0.1, 0.15) is 11.6 Å². The molecule has 0 heterocycles. The first-order valence-electron chi connectivity index (χ1n) is 7.97. The molecule has 0 aliphatic rings.